The monoisotopic (exact) mass is 416 g/mol. The summed E-state index contributed by atoms with van der Waals surface area (Å²) in [6.45, 7) is 4.17. The van der Waals surface area contributed by atoms with E-state index in [0.717, 1.165) is 25.3 Å². The molecule has 30 heavy (non-hydrogen) atoms. The Morgan fingerprint density at radius 2 is 1.87 bits per heavy atom. The minimum atomic E-state index is -0.216. The van der Waals surface area contributed by atoms with Crippen LogP contribution < -0.4 is 10.9 Å². The number of rotatable bonds is 7. The maximum absolute atomic E-state index is 12.8. The van der Waals surface area contributed by atoms with Crippen molar-refractivity contribution in [3.05, 3.63) is 34.2 Å². The van der Waals surface area contributed by atoms with Crippen LogP contribution in [-0.4, -0.2) is 77.7 Å². The van der Waals surface area contributed by atoms with Crippen molar-refractivity contribution >= 4 is 11.8 Å². The molecule has 0 aromatic carbocycles. The molecule has 1 saturated carbocycles. The lowest BCUT2D eigenvalue weighted by atomic mass is 10.1. The fourth-order valence-corrected chi connectivity index (χ4v) is 4.50. The minimum Gasteiger partial charge on any atom is -0.378 e. The van der Waals surface area contributed by atoms with Crippen molar-refractivity contribution in [3.8, 4) is 0 Å². The molecular weight excluding hydrogens is 384 g/mol. The fourth-order valence-electron chi connectivity index (χ4n) is 4.50. The molecule has 3 aliphatic rings. The predicted octanol–water partition coefficient (Wildman–Crippen LogP) is 0.607. The molecule has 164 valence electrons. The highest BCUT2D eigenvalue weighted by atomic mass is 16.5. The molecule has 2 atom stereocenters. The highest BCUT2D eigenvalue weighted by molar-refractivity contribution is 5.94. The number of aromatic nitrogens is 1. The third-order valence-corrected chi connectivity index (χ3v) is 6.58. The zero-order valence-electron chi connectivity index (χ0n) is 17.7. The molecule has 0 unspecified atom stereocenters. The van der Waals surface area contributed by atoms with E-state index >= 15 is 0 Å². The number of morpholine rings is 1. The van der Waals surface area contributed by atoms with E-state index in [2.05, 4.69) is 10.2 Å². The molecule has 4 rings (SSSR count). The van der Waals surface area contributed by atoms with Gasteiger partial charge in [-0.2, -0.15) is 0 Å². The zero-order chi connectivity index (χ0) is 21.1. The highest BCUT2D eigenvalue weighted by Crippen LogP contribution is 2.35. The van der Waals surface area contributed by atoms with Gasteiger partial charge < -0.3 is 19.5 Å². The van der Waals surface area contributed by atoms with E-state index in [9.17, 15) is 14.4 Å². The molecule has 2 aliphatic heterocycles. The SMILES string of the molecule is Cn1ccc(C(=O)NC[C@@H]2CC[C@H](CC(=O)N3CCOCC3)N2CC2CC2)cc1=O. The van der Waals surface area contributed by atoms with Crippen LogP contribution in [0.1, 0.15) is 42.5 Å². The summed E-state index contributed by atoms with van der Waals surface area (Å²) in [4.78, 5) is 41.5. The van der Waals surface area contributed by atoms with Gasteiger partial charge in [0.1, 0.15) is 0 Å². The van der Waals surface area contributed by atoms with Gasteiger partial charge >= 0.3 is 0 Å². The van der Waals surface area contributed by atoms with Gasteiger partial charge in [0.25, 0.3) is 11.5 Å². The van der Waals surface area contributed by atoms with Crippen LogP contribution in [0.25, 0.3) is 0 Å². The van der Waals surface area contributed by atoms with E-state index in [4.69, 9.17) is 4.74 Å². The summed E-state index contributed by atoms with van der Waals surface area (Å²) in [5.41, 5.74) is 0.199. The van der Waals surface area contributed by atoms with Crippen molar-refractivity contribution in [2.75, 3.05) is 39.4 Å². The zero-order valence-corrected chi connectivity index (χ0v) is 17.7. The summed E-state index contributed by atoms with van der Waals surface area (Å²) in [5, 5.41) is 3.01. The second-order valence-electron chi connectivity index (χ2n) is 8.80. The molecule has 2 amide bonds. The second-order valence-corrected chi connectivity index (χ2v) is 8.80. The fraction of sp³-hybridized carbons (Fsp3) is 0.682. The first kappa shape index (κ1) is 21.1. The van der Waals surface area contributed by atoms with Crippen molar-refractivity contribution in [1.29, 1.82) is 0 Å². The molecule has 3 heterocycles. The molecular formula is C22H32N4O4. The Bertz CT molecular complexity index is 829. The Kier molecular flexibility index (Phi) is 6.53. The van der Waals surface area contributed by atoms with Crippen LogP contribution in [0.15, 0.2) is 23.1 Å². The van der Waals surface area contributed by atoms with Crippen molar-refractivity contribution in [2.45, 2.75) is 44.2 Å². The summed E-state index contributed by atoms with van der Waals surface area (Å²) in [6.07, 6.45) is 6.63. The molecule has 0 radical (unpaired) electrons. The molecule has 0 bridgehead atoms. The van der Waals surface area contributed by atoms with Gasteiger partial charge in [-0.25, -0.2) is 0 Å². The lowest BCUT2D eigenvalue weighted by Gasteiger charge is -2.33. The topological polar surface area (TPSA) is 83.9 Å². The molecule has 8 nitrogen and oxygen atoms in total. The average molecular weight is 417 g/mol. The summed E-state index contributed by atoms with van der Waals surface area (Å²) in [5.74, 6) is 0.722. The van der Waals surface area contributed by atoms with E-state index in [1.165, 1.54) is 23.5 Å². The quantitative estimate of drug-likeness (QED) is 0.704. The minimum absolute atomic E-state index is 0.194. The number of likely N-dealkylation sites (tertiary alicyclic amines) is 1. The number of hydrogen-bond donors (Lipinski definition) is 1. The molecule has 3 fully saturated rings. The van der Waals surface area contributed by atoms with Crippen LogP contribution in [0.5, 0.6) is 0 Å². The Morgan fingerprint density at radius 3 is 2.57 bits per heavy atom. The second kappa shape index (κ2) is 9.31. The van der Waals surface area contributed by atoms with Gasteiger partial charge in [-0.1, -0.05) is 0 Å². The van der Waals surface area contributed by atoms with Gasteiger partial charge in [-0.05, 0) is 37.7 Å². The first-order valence-corrected chi connectivity index (χ1v) is 11.1. The number of nitrogens with zero attached hydrogens (tertiary/aromatic N) is 3. The Balaban J connectivity index is 1.35. The number of aryl methyl sites for hydroxylation is 1. The van der Waals surface area contributed by atoms with Gasteiger partial charge in [0.05, 0.1) is 13.2 Å². The van der Waals surface area contributed by atoms with E-state index in [-0.39, 0.29) is 29.5 Å². The first-order valence-electron chi connectivity index (χ1n) is 11.1. The average Bonchev–Trinajstić information content (AvgIpc) is 3.50. The van der Waals surface area contributed by atoms with Crippen molar-refractivity contribution < 1.29 is 14.3 Å². The molecule has 8 heteroatoms. The normalized spacial score (nSPS) is 24.8. The third-order valence-electron chi connectivity index (χ3n) is 6.58. The molecule has 1 aliphatic carbocycles. The van der Waals surface area contributed by atoms with Gasteiger partial charge in [-0.15, -0.1) is 0 Å². The Labute approximate surface area is 177 Å². The molecule has 1 aromatic rings. The van der Waals surface area contributed by atoms with Crippen LogP contribution in [0.2, 0.25) is 0 Å². The van der Waals surface area contributed by atoms with Crippen LogP contribution in [0.3, 0.4) is 0 Å². The number of amides is 2. The number of carbonyl (C=O) groups is 2. The Morgan fingerprint density at radius 1 is 1.13 bits per heavy atom. The summed E-state index contributed by atoms with van der Waals surface area (Å²) in [7, 11) is 1.66. The lowest BCUT2D eigenvalue weighted by Crippen LogP contribution is -2.47. The lowest BCUT2D eigenvalue weighted by molar-refractivity contribution is -0.136. The number of hydrogen-bond acceptors (Lipinski definition) is 5. The van der Waals surface area contributed by atoms with Gasteiger partial charge in [0.2, 0.25) is 5.91 Å². The summed E-state index contributed by atoms with van der Waals surface area (Å²) >= 11 is 0. The predicted molar refractivity (Wildman–Crippen MR) is 112 cm³/mol. The Hall–Kier alpha value is -2.19. The standard InChI is InChI=1S/C22H32N4O4/c1-24-7-6-17(12-20(24)27)22(29)23-14-19-5-4-18(26(19)15-16-2-3-16)13-21(28)25-8-10-30-11-9-25/h6-7,12,16,18-19H,2-5,8-11,13-15H2,1H3,(H,23,29)/t18-,19+/m1/s1. The van der Waals surface area contributed by atoms with Crippen LogP contribution >= 0.6 is 0 Å². The van der Waals surface area contributed by atoms with Gasteiger partial charge in [0, 0.05) is 69.6 Å². The molecule has 1 N–H and O–H groups in total. The molecule has 1 aromatic heterocycles. The maximum atomic E-state index is 12.8. The largest absolute Gasteiger partial charge is 0.378 e. The van der Waals surface area contributed by atoms with E-state index in [1.54, 1.807) is 19.3 Å². The van der Waals surface area contributed by atoms with Crippen LogP contribution in [0, 0.1) is 5.92 Å². The number of pyridine rings is 1. The van der Waals surface area contributed by atoms with Crippen LogP contribution in [0.4, 0.5) is 0 Å². The van der Waals surface area contributed by atoms with E-state index in [0.29, 0.717) is 44.8 Å². The van der Waals surface area contributed by atoms with Crippen molar-refractivity contribution in [3.63, 3.8) is 0 Å². The first-order chi connectivity index (χ1) is 14.5. The van der Waals surface area contributed by atoms with Gasteiger partial charge in [-0.3, -0.25) is 19.3 Å². The van der Waals surface area contributed by atoms with E-state index in [1.807, 2.05) is 4.90 Å². The number of ether oxygens (including phenoxy) is 1. The van der Waals surface area contributed by atoms with Gasteiger partial charge in [0.15, 0.2) is 0 Å². The maximum Gasteiger partial charge on any atom is 0.251 e. The summed E-state index contributed by atoms with van der Waals surface area (Å²) in [6, 6.07) is 3.52. The molecule has 0 spiro atoms. The number of carbonyl (C=O) groups excluding carboxylic acids is 2. The summed E-state index contributed by atoms with van der Waals surface area (Å²) < 4.78 is 6.80. The van der Waals surface area contributed by atoms with Crippen molar-refractivity contribution in [1.82, 2.24) is 19.7 Å². The highest BCUT2D eigenvalue weighted by Gasteiger charge is 2.38. The smallest absolute Gasteiger partial charge is 0.251 e. The van der Waals surface area contributed by atoms with Crippen LogP contribution in [-0.2, 0) is 16.6 Å². The van der Waals surface area contributed by atoms with E-state index < -0.39 is 0 Å². The van der Waals surface area contributed by atoms with Crippen molar-refractivity contribution in [2.24, 2.45) is 13.0 Å². The molecule has 2 saturated heterocycles. The third kappa shape index (κ3) is 5.10. The number of nitrogens with one attached hydrogen (secondary N) is 1.